The van der Waals surface area contributed by atoms with Gasteiger partial charge in [-0.15, -0.1) is 0 Å². The van der Waals surface area contributed by atoms with Crippen molar-refractivity contribution in [2.45, 2.75) is 38.3 Å². The first-order chi connectivity index (χ1) is 13.8. The van der Waals surface area contributed by atoms with Gasteiger partial charge in [0.25, 0.3) is 5.91 Å². The smallest absolute Gasteiger partial charge is 0.405 e. The lowest BCUT2D eigenvalue weighted by Crippen LogP contribution is -2.43. The van der Waals surface area contributed by atoms with E-state index in [1.807, 2.05) is 24.3 Å². The van der Waals surface area contributed by atoms with Crippen LogP contribution < -0.4 is 10.2 Å². The van der Waals surface area contributed by atoms with E-state index in [-0.39, 0.29) is 5.91 Å². The largest absolute Gasteiger partial charge is 0.455 e. The molecule has 0 saturated heterocycles. The number of rotatable bonds is 5. The van der Waals surface area contributed by atoms with Crippen LogP contribution in [-0.2, 0) is 25.5 Å². The molecule has 0 bridgehead atoms. The van der Waals surface area contributed by atoms with Gasteiger partial charge in [-0.05, 0) is 30.9 Å². The van der Waals surface area contributed by atoms with Gasteiger partial charge in [0.1, 0.15) is 6.54 Å². The standard InChI is InChI=1S/C20H23F3N2O4/c21-20(22,23)12-24-17(26)11-29-19(28)15-7-3-2-6-14(15)18(27)25-10-9-13-5-1-4-8-16(13)25/h1,4-5,8,14-15H,2-3,6-7,9-12H2,(H,24,26). The zero-order chi connectivity index (χ0) is 21.0. The SMILES string of the molecule is O=C(COC(=O)C1CCCCC1C(=O)N1CCc2ccccc21)NCC(F)(F)F. The molecule has 9 heteroatoms. The highest BCUT2D eigenvalue weighted by Crippen LogP contribution is 2.36. The number of fused-ring (bicyclic) bond motifs is 1. The van der Waals surface area contributed by atoms with Gasteiger partial charge in [-0.2, -0.15) is 13.2 Å². The fourth-order valence-electron chi connectivity index (χ4n) is 3.97. The highest BCUT2D eigenvalue weighted by Gasteiger charge is 2.40. The first-order valence-electron chi connectivity index (χ1n) is 9.65. The lowest BCUT2D eigenvalue weighted by molar-refractivity contribution is -0.158. The molecule has 1 saturated carbocycles. The van der Waals surface area contributed by atoms with E-state index in [2.05, 4.69) is 0 Å². The maximum absolute atomic E-state index is 13.1. The molecule has 29 heavy (non-hydrogen) atoms. The van der Waals surface area contributed by atoms with Gasteiger partial charge >= 0.3 is 12.1 Å². The number of alkyl halides is 3. The van der Waals surface area contributed by atoms with Crippen LogP contribution >= 0.6 is 0 Å². The van der Waals surface area contributed by atoms with E-state index in [1.54, 1.807) is 10.2 Å². The zero-order valence-corrected chi connectivity index (χ0v) is 15.8. The van der Waals surface area contributed by atoms with Crippen molar-refractivity contribution in [3.05, 3.63) is 29.8 Å². The maximum atomic E-state index is 13.1. The Kier molecular flexibility index (Phi) is 6.44. The summed E-state index contributed by atoms with van der Waals surface area (Å²) in [6.45, 7) is -1.72. The molecule has 0 spiro atoms. The number of benzene rings is 1. The van der Waals surface area contributed by atoms with E-state index in [9.17, 15) is 27.6 Å². The van der Waals surface area contributed by atoms with Crippen molar-refractivity contribution in [2.75, 3.05) is 24.6 Å². The lowest BCUT2D eigenvalue weighted by Gasteiger charge is -2.32. The van der Waals surface area contributed by atoms with Gasteiger partial charge < -0.3 is 15.0 Å². The molecular weight excluding hydrogens is 389 g/mol. The Hall–Kier alpha value is -2.58. The van der Waals surface area contributed by atoms with Gasteiger partial charge in [0, 0.05) is 12.2 Å². The monoisotopic (exact) mass is 412 g/mol. The number of carbonyl (C=O) groups excluding carboxylic acids is 3. The second-order valence-electron chi connectivity index (χ2n) is 7.37. The molecule has 1 aliphatic carbocycles. The van der Waals surface area contributed by atoms with Crippen molar-refractivity contribution >= 4 is 23.5 Å². The third-order valence-electron chi connectivity index (χ3n) is 5.37. The van der Waals surface area contributed by atoms with Crippen molar-refractivity contribution in [2.24, 2.45) is 11.8 Å². The number of esters is 1. The van der Waals surface area contributed by atoms with Crippen LogP contribution in [0.1, 0.15) is 31.2 Å². The first-order valence-corrected chi connectivity index (χ1v) is 9.65. The third-order valence-corrected chi connectivity index (χ3v) is 5.37. The van der Waals surface area contributed by atoms with Crippen molar-refractivity contribution in [1.29, 1.82) is 0 Å². The minimum Gasteiger partial charge on any atom is -0.455 e. The molecule has 2 aliphatic rings. The number of hydrogen-bond acceptors (Lipinski definition) is 4. The van der Waals surface area contributed by atoms with Gasteiger partial charge in [0.2, 0.25) is 5.91 Å². The third kappa shape index (κ3) is 5.27. The fraction of sp³-hybridized carbons (Fsp3) is 0.550. The average Bonchev–Trinajstić information content (AvgIpc) is 3.13. The molecule has 0 aromatic heterocycles. The minimum absolute atomic E-state index is 0.141. The van der Waals surface area contributed by atoms with E-state index in [0.717, 1.165) is 30.5 Å². The predicted molar refractivity (Wildman–Crippen MR) is 98.0 cm³/mol. The fourth-order valence-corrected chi connectivity index (χ4v) is 3.97. The number of nitrogens with one attached hydrogen (secondary N) is 1. The number of anilines is 1. The molecular formula is C20H23F3N2O4. The average molecular weight is 412 g/mol. The molecule has 6 nitrogen and oxygen atoms in total. The molecule has 2 amide bonds. The Morgan fingerprint density at radius 2 is 1.79 bits per heavy atom. The molecule has 1 N–H and O–H groups in total. The van der Waals surface area contributed by atoms with Crippen LogP contribution in [0, 0.1) is 11.8 Å². The van der Waals surface area contributed by atoms with Crippen molar-refractivity contribution < 1.29 is 32.3 Å². The van der Waals surface area contributed by atoms with Crippen LogP contribution in [-0.4, -0.2) is 43.7 Å². The number of carbonyl (C=O) groups is 3. The van der Waals surface area contributed by atoms with Gasteiger partial charge in [0.15, 0.2) is 6.61 Å². The Morgan fingerprint density at radius 1 is 1.10 bits per heavy atom. The highest BCUT2D eigenvalue weighted by atomic mass is 19.4. The quantitative estimate of drug-likeness (QED) is 0.755. The first kappa shape index (κ1) is 21.1. The summed E-state index contributed by atoms with van der Waals surface area (Å²) in [7, 11) is 0. The lowest BCUT2D eigenvalue weighted by atomic mass is 9.78. The van der Waals surface area contributed by atoms with Crippen molar-refractivity contribution in [1.82, 2.24) is 5.32 Å². The highest BCUT2D eigenvalue weighted by molar-refractivity contribution is 5.99. The normalized spacial score (nSPS) is 21.4. The van der Waals surface area contributed by atoms with Crippen molar-refractivity contribution in [3.8, 4) is 0 Å². The van der Waals surface area contributed by atoms with E-state index < -0.39 is 43.0 Å². The molecule has 1 heterocycles. The van der Waals surface area contributed by atoms with Gasteiger partial charge in [-0.3, -0.25) is 14.4 Å². The molecule has 1 fully saturated rings. The van der Waals surface area contributed by atoms with Crippen LogP contribution in [0.15, 0.2) is 24.3 Å². The Bertz CT molecular complexity index is 781. The maximum Gasteiger partial charge on any atom is 0.405 e. The number of para-hydroxylation sites is 1. The van der Waals surface area contributed by atoms with Crippen LogP contribution in [0.25, 0.3) is 0 Å². The summed E-state index contributed by atoms with van der Waals surface area (Å²) in [5.74, 6) is -3.13. The summed E-state index contributed by atoms with van der Waals surface area (Å²) < 4.78 is 41.3. The Morgan fingerprint density at radius 3 is 2.52 bits per heavy atom. The molecule has 158 valence electrons. The number of nitrogens with zero attached hydrogens (tertiary/aromatic N) is 1. The molecule has 1 aromatic rings. The summed E-state index contributed by atoms with van der Waals surface area (Å²) in [5.41, 5.74) is 1.93. The molecule has 2 atom stereocenters. The second-order valence-corrected chi connectivity index (χ2v) is 7.37. The van der Waals surface area contributed by atoms with E-state index in [1.165, 1.54) is 0 Å². The number of ether oxygens (including phenoxy) is 1. The van der Waals surface area contributed by atoms with Crippen molar-refractivity contribution in [3.63, 3.8) is 0 Å². The Balaban J connectivity index is 1.60. The summed E-state index contributed by atoms with van der Waals surface area (Å²) in [5, 5.41) is 1.65. The number of amides is 2. The second kappa shape index (κ2) is 8.84. The van der Waals surface area contributed by atoms with Crippen LogP contribution in [0.4, 0.5) is 18.9 Å². The molecule has 1 aliphatic heterocycles. The van der Waals surface area contributed by atoms with Crippen LogP contribution in [0.3, 0.4) is 0 Å². The zero-order valence-electron chi connectivity index (χ0n) is 15.8. The van der Waals surface area contributed by atoms with Crippen LogP contribution in [0.5, 0.6) is 0 Å². The van der Waals surface area contributed by atoms with E-state index in [0.29, 0.717) is 19.4 Å². The Labute approximate surface area is 166 Å². The number of hydrogen-bond donors (Lipinski definition) is 1. The molecule has 0 radical (unpaired) electrons. The van der Waals surface area contributed by atoms with E-state index in [4.69, 9.17) is 4.74 Å². The topological polar surface area (TPSA) is 75.7 Å². The van der Waals surface area contributed by atoms with Gasteiger partial charge in [0.05, 0.1) is 11.8 Å². The van der Waals surface area contributed by atoms with E-state index >= 15 is 0 Å². The predicted octanol–water partition coefficient (Wildman–Crippen LogP) is 2.60. The van der Waals surface area contributed by atoms with Gasteiger partial charge in [-0.1, -0.05) is 31.0 Å². The molecule has 2 unspecified atom stereocenters. The molecule has 3 rings (SSSR count). The number of halogens is 3. The van der Waals surface area contributed by atoms with Gasteiger partial charge in [-0.25, -0.2) is 0 Å². The summed E-state index contributed by atoms with van der Waals surface area (Å²) >= 11 is 0. The molecule has 1 aromatic carbocycles. The minimum atomic E-state index is -4.54. The summed E-state index contributed by atoms with van der Waals surface area (Å²) in [4.78, 5) is 38.8. The summed E-state index contributed by atoms with van der Waals surface area (Å²) in [6.07, 6.45) is -1.23. The van der Waals surface area contributed by atoms with Crippen LogP contribution in [0.2, 0.25) is 0 Å². The summed E-state index contributed by atoms with van der Waals surface area (Å²) in [6, 6.07) is 7.62.